The van der Waals surface area contributed by atoms with Crippen LogP contribution in [0.5, 0.6) is 0 Å². The first-order chi connectivity index (χ1) is 8.06. The lowest BCUT2D eigenvalue weighted by Crippen LogP contribution is -2.48. The van der Waals surface area contributed by atoms with Gasteiger partial charge in [-0.1, -0.05) is 0 Å². The van der Waals surface area contributed by atoms with Crippen molar-refractivity contribution in [2.45, 2.75) is 77.3 Å². The minimum atomic E-state index is -0.771. The molecule has 1 rings (SSSR count). The predicted molar refractivity (Wildman–Crippen MR) is 67.2 cm³/mol. The Kier molecular flexibility index (Phi) is 4.78. The summed E-state index contributed by atoms with van der Waals surface area (Å²) in [5.41, 5.74) is -0.405. The van der Waals surface area contributed by atoms with Crippen LogP contribution in [-0.2, 0) is 14.2 Å². The second-order valence-electron chi connectivity index (χ2n) is 6.26. The smallest absolute Gasteiger partial charge is 0.164 e. The lowest BCUT2D eigenvalue weighted by molar-refractivity contribution is -0.188. The molecule has 0 bridgehead atoms. The maximum Gasteiger partial charge on any atom is 0.164 e. The zero-order chi connectivity index (χ0) is 14.1. The van der Waals surface area contributed by atoms with Crippen LogP contribution in [0.3, 0.4) is 0 Å². The van der Waals surface area contributed by atoms with Crippen LogP contribution >= 0.6 is 0 Å². The summed E-state index contributed by atoms with van der Waals surface area (Å²) < 4.78 is 17.2. The molecule has 1 heterocycles. The van der Waals surface area contributed by atoms with E-state index in [1.165, 1.54) is 0 Å². The minimum Gasteiger partial charge on any atom is -0.394 e. The van der Waals surface area contributed by atoms with Gasteiger partial charge in [0.1, 0.15) is 18.3 Å². The minimum absolute atomic E-state index is 0.162. The van der Waals surface area contributed by atoms with E-state index < -0.39 is 35.8 Å². The van der Waals surface area contributed by atoms with E-state index in [9.17, 15) is 10.2 Å². The third-order valence-electron chi connectivity index (χ3n) is 2.69. The lowest BCUT2D eigenvalue weighted by atomic mass is 10.0. The molecule has 108 valence electrons. The van der Waals surface area contributed by atoms with Gasteiger partial charge in [-0.25, -0.2) is 0 Å². The van der Waals surface area contributed by atoms with Gasteiger partial charge in [-0.3, -0.25) is 0 Å². The molecule has 0 unspecified atom stereocenters. The molecule has 0 aromatic rings. The molecule has 0 spiro atoms. The van der Waals surface area contributed by atoms with Crippen molar-refractivity contribution in [1.82, 2.24) is 0 Å². The van der Waals surface area contributed by atoms with Gasteiger partial charge in [-0.15, -0.1) is 0 Å². The third-order valence-corrected chi connectivity index (χ3v) is 2.69. The van der Waals surface area contributed by atoms with Gasteiger partial charge < -0.3 is 24.4 Å². The SMILES string of the molecule is C[C@H](O)[C@H](OC(C)(C)C)[C@@H]1OC(C)(C)O[C@@H]1CO. The van der Waals surface area contributed by atoms with Gasteiger partial charge in [0.05, 0.1) is 18.3 Å². The molecule has 0 aliphatic carbocycles. The molecular formula is C13H26O5. The molecule has 2 N–H and O–H groups in total. The van der Waals surface area contributed by atoms with E-state index in [-0.39, 0.29) is 6.61 Å². The fraction of sp³-hybridized carbons (Fsp3) is 1.00. The molecule has 5 heteroatoms. The Labute approximate surface area is 109 Å². The normalized spacial score (nSPS) is 31.3. The summed E-state index contributed by atoms with van der Waals surface area (Å²) in [5.74, 6) is -0.771. The monoisotopic (exact) mass is 262 g/mol. The van der Waals surface area contributed by atoms with Gasteiger partial charge in [0.15, 0.2) is 5.79 Å². The van der Waals surface area contributed by atoms with Crippen LogP contribution in [0.25, 0.3) is 0 Å². The van der Waals surface area contributed by atoms with Crippen LogP contribution in [0.15, 0.2) is 0 Å². The van der Waals surface area contributed by atoms with Gasteiger partial charge in [-0.05, 0) is 41.5 Å². The Morgan fingerprint density at radius 3 is 2.22 bits per heavy atom. The molecule has 18 heavy (non-hydrogen) atoms. The van der Waals surface area contributed by atoms with Crippen LogP contribution in [-0.4, -0.2) is 52.6 Å². The standard InChI is InChI=1S/C13H26O5/c1-8(15)10(17-12(2,3)4)11-9(7-14)16-13(5,6)18-11/h8-11,14-15H,7H2,1-6H3/t8-,9+,10-,11+/m0/s1. The number of ether oxygens (including phenoxy) is 3. The quantitative estimate of drug-likeness (QED) is 0.793. The number of hydrogen-bond donors (Lipinski definition) is 2. The van der Waals surface area contributed by atoms with Gasteiger partial charge in [0, 0.05) is 0 Å². The summed E-state index contributed by atoms with van der Waals surface area (Å²) in [6, 6.07) is 0. The first-order valence-electron chi connectivity index (χ1n) is 6.38. The molecule has 1 aliphatic rings. The van der Waals surface area contributed by atoms with Crippen LogP contribution in [0.4, 0.5) is 0 Å². The van der Waals surface area contributed by atoms with Crippen molar-refractivity contribution in [2.24, 2.45) is 0 Å². The van der Waals surface area contributed by atoms with Crippen molar-refractivity contribution < 1.29 is 24.4 Å². The van der Waals surface area contributed by atoms with Crippen molar-refractivity contribution >= 4 is 0 Å². The van der Waals surface area contributed by atoms with Crippen molar-refractivity contribution in [2.75, 3.05) is 6.61 Å². The Morgan fingerprint density at radius 1 is 1.28 bits per heavy atom. The van der Waals surface area contributed by atoms with Gasteiger partial charge in [0.25, 0.3) is 0 Å². The van der Waals surface area contributed by atoms with Crippen molar-refractivity contribution in [3.63, 3.8) is 0 Å². The Bertz CT molecular complexity index is 269. The highest BCUT2D eigenvalue weighted by molar-refractivity contribution is 4.90. The van der Waals surface area contributed by atoms with Crippen LogP contribution in [0.2, 0.25) is 0 Å². The molecule has 1 fully saturated rings. The molecule has 5 nitrogen and oxygen atoms in total. The maximum atomic E-state index is 9.88. The van der Waals surface area contributed by atoms with E-state index in [1.807, 2.05) is 20.8 Å². The highest BCUT2D eigenvalue weighted by Crippen LogP contribution is 2.33. The van der Waals surface area contributed by atoms with Crippen LogP contribution in [0.1, 0.15) is 41.5 Å². The molecule has 1 saturated heterocycles. The predicted octanol–water partition coefficient (Wildman–Crippen LogP) is 1.06. The molecule has 0 aromatic heterocycles. The molecule has 0 saturated carbocycles. The average Bonchev–Trinajstić information content (AvgIpc) is 2.48. The summed E-state index contributed by atoms with van der Waals surface area (Å²) in [7, 11) is 0. The van der Waals surface area contributed by atoms with Crippen LogP contribution in [0, 0.1) is 0 Å². The topological polar surface area (TPSA) is 68.2 Å². The summed E-state index contributed by atoms with van der Waals surface area (Å²) in [4.78, 5) is 0. The van der Waals surface area contributed by atoms with Crippen LogP contribution < -0.4 is 0 Å². The van der Waals surface area contributed by atoms with Gasteiger partial charge >= 0.3 is 0 Å². The third kappa shape index (κ3) is 4.17. The molecule has 1 aliphatic heterocycles. The van der Waals surface area contributed by atoms with E-state index in [0.29, 0.717) is 0 Å². The van der Waals surface area contributed by atoms with Gasteiger partial charge in [-0.2, -0.15) is 0 Å². The molecule has 0 aromatic carbocycles. The summed E-state index contributed by atoms with van der Waals surface area (Å²) in [5, 5.41) is 19.2. The largest absolute Gasteiger partial charge is 0.394 e. The number of aliphatic hydroxyl groups is 2. The average molecular weight is 262 g/mol. The van der Waals surface area contributed by atoms with Crippen molar-refractivity contribution in [3.8, 4) is 0 Å². The van der Waals surface area contributed by atoms with E-state index in [1.54, 1.807) is 20.8 Å². The highest BCUT2D eigenvalue weighted by atomic mass is 16.8. The first-order valence-corrected chi connectivity index (χ1v) is 6.38. The second-order valence-corrected chi connectivity index (χ2v) is 6.26. The zero-order valence-electron chi connectivity index (χ0n) is 12.1. The second kappa shape index (κ2) is 5.43. The molecular weight excluding hydrogens is 236 g/mol. The van der Waals surface area contributed by atoms with Crippen molar-refractivity contribution in [3.05, 3.63) is 0 Å². The maximum absolute atomic E-state index is 9.88. The number of rotatable bonds is 4. The first kappa shape index (κ1) is 15.9. The molecule has 0 amide bonds. The number of aliphatic hydroxyl groups excluding tert-OH is 2. The summed E-state index contributed by atoms with van der Waals surface area (Å²) >= 11 is 0. The highest BCUT2D eigenvalue weighted by Gasteiger charge is 2.47. The Hall–Kier alpha value is -0.200. The molecule has 0 radical (unpaired) electrons. The van der Waals surface area contributed by atoms with E-state index >= 15 is 0 Å². The lowest BCUT2D eigenvalue weighted by Gasteiger charge is -2.34. The summed E-state index contributed by atoms with van der Waals surface area (Å²) in [6.07, 6.45) is -2.21. The van der Waals surface area contributed by atoms with E-state index in [4.69, 9.17) is 14.2 Å². The summed E-state index contributed by atoms with van der Waals surface area (Å²) in [6.45, 7) is 10.8. The Morgan fingerprint density at radius 2 is 1.83 bits per heavy atom. The van der Waals surface area contributed by atoms with E-state index in [2.05, 4.69) is 0 Å². The Balaban J connectivity index is 2.85. The fourth-order valence-electron chi connectivity index (χ4n) is 2.13. The number of hydrogen-bond acceptors (Lipinski definition) is 5. The fourth-order valence-corrected chi connectivity index (χ4v) is 2.13. The van der Waals surface area contributed by atoms with Crippen molar-refractivity contribution in [1.29, 1.82) is 0 Å². The van der Waals surface area contributed by atoms with Gasteiger partial charge in [0.2, 0.25) is 0 Å². The molecule has 4 atom stereocenters. The van der Waals surface area contributed by atoms with E-state index in [0.717, 1.165) is 0 Å². The zero-order valence-corrected chi connectivity index (χ0v) is 12.1.